The summed E-state index contributed by atoms with van der Waals surface area (Å²) in [4.78, 5) is 5.75. The molecule has 0 aromatic carbocycles. The molecule has 0 amide bonds. The topological polar surface area (TPSA) is 34.1 Å². The van der Waals surface area contributed by atoms with E-state index in [0.29, 0.717) is 12.6 Å². The fraction of sp³-hybridized carbons (Fsp3) is 0.727. The lowest BCUT2D eigenvalue weighted by Crippen LogP contribution is -2.26. The molecule has 15 heavy (non-hydrogen) atoms. The van der Waals surface area contributed by atoms with Gasteiger partial charge < -0.3 is 10.1 Å². The summed E-state index contributed by atoms with van der Waals surface area (Å²) in [5, 5.41) is 4.52. The molecule has 2 rings (SSSR count). The lowest BCUT2D eigenvalue weighted by molar-refractivity contribution is 0.103. The van der Waals surface area contributed by atoms with Gasteiger partial charge in [-0.05, 0) is 33.2 Å². The Balaban J connectivity index is 1.73. The van der Waals surface area contributed by atoms with E-state index in [0.717, 1.165) is 23.9 Å². The van der Waals surface area contributed by atoms with E-state index in [9.17, 15) is 0 Å². The summed E-state index contributed by atoms with van der Waals surface area (Å²) in [5.41, 5.74) is 1.14. The first-order chi connectivity index (χ1) is 7.25. The fourth-order valence-electron chi connectivity index (χ4n) is 1.79. The average molecular weight is 226 g/mol. The minimum absolute atomic E-state index is 0.562. The van der Waals surface area contributed by atoms with E-state index < -0.39 is 0 Å². The Kier molecular flexibility index (Phi) is 3.72. The van der Waals surface area contributed by atoms with Crippen LogP contribution in [0, 0.1) is 13.8 Å². The smallest absolute Gasteiger partial charge is 0.119 e. The number of aromatic nitrogens is 1. The number of ether oxygens (including phenoxy) is 1. The molecule has 0 bridgehead atoms. The molecule has 1 N–H and O–H groups in total. The van der Waals surface area contributed by atoms with Crippen molar-refractivity contribution in [3.8, 4) is 0 Å². The summed E-state index contributed by atoms with van der Waals surface area (Å²) in [6.45, 7) is 6.78. The van der Waals surface area contributed by atoms with Gasteiger partial charge in [-0.15, -0.1) is 11.3 Å². The van der Waals surface area contributed by atoms with Crippen LogP contribution in [-0.4, -0.2) is 24.2 Å². The zero-order chi connectivity index (χ0) is 10.7. The summed E-state index contributed by atoms with van der Waals surface area (Å²) in [5.74, 6) is 0. The van der Waals surface area contributed by atoms with Crippen molar-refractivity contribution in [2.24, 2.45) is 0 Å². The number of thiazole rings is 1. The van der Waals surface area contributed by atoms with Crippen molar-refractivity contribution in [3.63, 3.8) is 0 Å². The predicted molar refractivity (Wildman–Crippen MR) is 62.3 cm³/mol. The second-order valence-corrected chi connectivity index (χ2v) is 5.35. The SMILES string of the molecule is Cc1nc(COCC2CCCN2)sc1C. The van der Waals surface area contributed by atoms with E-state index in [1.54, 1.807) is 11.3 Å². The molecular formula is C11H18N2OS. The van der Waals surface area contributed by atoms with Crippen LogP contribution >= 0.6 is 11.3 Å². The molecule has 1 aromatic heterocycles. The highest BCUT2D eigenvalue weighted by molar-refractivity contribution is 7.11. The van der Waals surface area contributed by atoms with Crippen molar-refractivity contribution in [2.75, 3.05) is 13.2 Å². The molecule has 0 radical (unpaired) electrons. The monoisotopic (exact) mass is 226 g/mol. The molecule has 84 valence electrons. The van der Waals surface area contributed by atoms with Crippen molar-refractivity contribution in [1.82, 2.24) is 10.3 Å². The summed E-state index contributed by atoms with van der Waals surface area (Å²) >= 11 is 1.74. The number of hydrogen-bond acceptors (Lipinski definition) is 4. The average Bonchev–Trinajstić information content (AvgIpc) is 2.79. The third kappa shape index (κ3) is 3.00. The highest BCUT2D eigenvalue weighted by atomic mass is 32.1. The number of rotatable bonds is 4. The first-order valence-corrected chi connectivity index (χ1v) is 6.31. The zero-order valence-corrected chi connectivity index (χ0v) is 10.2. The van der Waals surface area contributed by atoms with Gasteiger partial charge in [0.2, 0.25) is 0 Å². The van der Waals surface area contributed by atoms with Crippen LogP contribution in [0.15, 0.2) is 0 Å². The second-order valence-electron chi connectivity index (χ2n) is 4.06. The Bertz CT molecular complexity index is 299. The lowest BCUT2D eigenvalue weighted by atomic mass is 10.2. The molecule has 1 saturated heterocycles. The van der Waals surface area contributed by atoms with Gasteiger partial charge >= 0.3 is 0 Å². The summed E-state index contributed by atoms with van der Waals surface area (Å²) < 4.78 is 5.66. The summed E-state index contributed by atoms with van der Waals surface area (Å²) in [7, 11) is 0. The first-order valence-electron chi connectivity index (χ1n) is 5.50. The van der Waals surface area contributed by atoms with Gasteiger partial charge in [-0.25, -0.2) is 4.98 Å². The van der Waals surface area contributed by atoms with E-state index in [1.165, 1.54) is 17.7 Å². The van der Waals surface area contributed by atoms with Crippen LogP contribution in [0.2, 0.25) is 0 Å². The normalized spacial score (nSPS) is 21.1. The molecular weight excluding hydrogens is 208 g/mol. The predicted octanol–water partition coefficient (Wildman–Crippen LogP) is 2.03. The van der Waals surface area contributed by atoms with E-state index in [4.69, 9.17) is 4.74 Å². The first kappa shape index (κ1) is 11.0. The number of aryl methyl sites for hydroxylation is 2. The van der Waals surface area contributed by atoms with Crippen LogP contribution in [0.1, 0.15) is 28.4 Å². The van der Waals surface area contributed by atoms with Crippen LogP contribution < -0.4 is 5.32 Å². The Morgan fingerprint density at radius 1 is 1.53 bits per heavy atom. The van der Waals surface area contributed by atoms with Crippen LogP contribution in [-0.2, 0) is 11.3 Å². The minimum Gasteiger partial charge on any atom is -0.373 e. The van der Waals surface area contributed by atoms with Gasteiger partial charge in [0.15, 0.2) is 0 Å². The zero-order valence-electron chi connectivity index (χ0n) is 9.38. The minimum atomic E-state index is 0.562. The third-order valence-electron chi connectivity index (χ3n) is 2.78. The van der Waals surface area contributed by atoms with Crippen molar-refractivity contribution < 1.29 is 4.74 Å². The molecule has 0 spiro atoms. The van der Waals surface area contributed by atoms with Gasteiger partial charge in [0.25, 0.3) is 0 Å². The van der Waals surface area contributed by atoms with Crippen molar-refractivity contribution >= 4 is 11.3 Å². The van der Waals surface area contributed by atoms with Gasteiger partial charge in [0.05, 0.1) is 18.9 Å². The Morgan fingerprint density at radius 3 is 3.00 bits per heavy atom. The molecule has 1 fully saturated rings. The largest absolute Gasteiger partial charge is 0.373 e. The fourth-order valence-corrected chi connectivity index (χ4v) is 2.66. The van der Waals surface area contributed by atoms with Crippen LogP contribution in [0.4, 0.5) is 0 Å². The molecule has 3 nitrogen and oxygen atoms in total. The van der Waals surface area contributed by atoms with Crippen LogP contribution in [0.25, 0.3) is 0 Å². The highest BCUT2D eigenvalue weighted by Gasteiger charge is 2.14. The molecule has 1 aliphatic rings. The molecule has 0 aliphatic carbocycles. The standard InChI is InChI=1S/C11H18N2OS/c1-8-9(2)15-11(13-8)7-14-6-10-4-3-5-12-10/h10,12H,3-7H2,1-2H3. The quantitative estimate of drug-likeness (QED) is 0.853. The molecule has 1 atom stereocenters. The molecule has 1 unspecified atom stereocenters. The van der Waals surface area contributed by atoms with E-state index in [2.05, 4.69) is 17.2 Å². The van der Waals surface area contributed by atoms with Crippen molar-refractivity contribution in [3.05, 3.63) is 15.6 Å². The number of nitrogens with one attached hydrogen (secondary N) is 1. The Hall–Kier alpha value is -0.450. The van der Waals surface area contributed by atoms with Crippen molar-refractivity contribution in [1.29, 1.82) is 0 Å². The second kappa shape index (κ2) is 5.05. The van der Waals surface area contributed by atoms with E-state index in [-0.39, 0.29) is 0 Å². The van der Waals surface area contributed by atoms with E-state index >= 15 is 0 Å². The van der Waals surface area contributed by atoms with Gasteiger partial charge in [0, 0.05) is 10.9 Å². The molecule has 0 saturated carbocycles. The van der Waals surface area contributed by atoms with E-state index in [1.807, 2.05) is 6.92 Å². The molecule has 1 aromatic rings. The highest BCUT2D eigenvalue weighted by Crippen LogP contribution is 2.17. The van der Waals surface area contributed by atoms with Gasteiger partial charge in [-0.2, -0.15) is 0 Å². The van der Waals surface area contributed by atoms with Gasteiger partial charge in [-0.1, -0.05) is 0 Å². The van der Waals surface area contributed by atoms with Gasteiger partial charge in [0.1, 0.15) is 5.01 Å². The number of hydrogen-bond donors (Lipinski definition) is 1. The molecule has 4 heteroatoms. The lowest BCUT2D eigenvalue weighted by Gasteiger charge is -2.09. The van der Waals surface area contributed by atoms with Crippen LogP contribution in [0.3, 0.4) is 0 Å². The summed E-state index contributed by atoms with van der Waals surface area (Å²) in [6.07, 6.45) is 2.53. The Morgan fingerprint density at radius 2 is 2.40 bits per heavy atom. The maximum atomic E-state index is 5.66. The van der Waals surface area contributed by atoms with Gasteiger partial charge in [-0.3, -0.25) is 0 Å². The maximum absolute atomic E-state index is 5.66. The summed E-state index contributed by atoms with van der Waals surface area (Å²) in [6, 6.07) is 0.562. The number of nitrogens with zero attached hydrogens (tertiary/aromatic N) is 1. The molecule has 1 aliphatic heterocycles. The van der Waals surface area contributed by atoms with Crippen LogP contribution in [0.5, 0.6) is 0 Å². The Labute approximate surface area is 94.9 Å². The molecule has 2 heterocycles. The third-order valence-corrected chi connectivity index (χ3v) is 3.83. The van der Waals surface area contributed by atoms with Crippen molar-refractivity contribution in [2.45, 2.75) is 39.3 Å². The maximum Gasteiger partial charge on any atom is 0.119 e.